The van der Waals surface area contributed by atoms with E-state index in [1.165, 1.54) is 4.90 Å². The van der Waals surface area contributed by atoms with E-state index in [1.54, 1.807) is 37.1 Å². The first-order valence-corrected chi connectivity index (χ1v) is 6.77. The van der Waals surface area contributed by atoms with Crippen molar-refractivity contribution in [1.82, 2.24) is 25.3 Å². The van der Waals surface area contributed by atoms with E-state index in [2.05, 4.69) is 15.7 Å². The molecule has 0 aliphatic carbocycles. The van der Waals surface area contributed by atoms with Crippen molar-refractivity contribution in [2.45, 2.75) is 19.9 Å². The summed E-state index contributed by atoms with van der Waals surface area (Å²) in [4.78, 5) is 25.2. The van der Waals surface area contributed by atoms with Crippen LogP contribution in [0.4, 0.5) is 0 Å². The van der Waals surface area contributed by atoms with Crippen LogP contribution in [-0.4, -0.2) is 59.7 Å². The van der Waals surface area contributed by atoms with E-state index in [9.17, 15) is 9.59 Å². The van der Waals surface area contributed by atoms with E-state index in [4.69, 9.17) is 0 Å². The highest BCUT2D eigenvalue weighted by atomic mass is 16.2. The molecule has 2 amide bonds. The Labute approximate surface area is 119 Å². The average molecular weight is 281 g/mol. The van der Waals surface area contributed by atoms with Crippen LogP contribution in [-0.2, 0) is 9.59 Å². The first-order valence-electron chi connectivity index (χ1n) is 6.77. The fourth-order valence-corrected chi connectivity index (χ4v) is 1.76. The highest BCUT2D eigenvalue weighted by Gasteiger charge is 2.20. The third-order valence-electron chi connectivity index (χ3n) is 2.91. The predicted molar refractivity (Wildman–Crippen MR) is 76.1 cm³/mol. The second-order valence-corrected chi connectivity index (χ2v) is 4.56. The van der Waals surface area contributed by atoms with Gasteiger partial charge in [-0.1, -0.05) is 6.92 Å². The van der Waals surface area contributed by atoms with Crippen molar-refractivity contribution >= 4 is 11.8 Å². The van der Waals surface area contributed by atoms with Crippen LogP contribution in [0.1, 0.15) is 19.9 Å². The smallest absolute Gasteiger partial charge is 0.247 e. The predicted octanol–water partition coefficient (Wildman–Crippen LogP) is -0.372. The number of hydrogen-bond donors (Lipinski definition) is 2. The summed E-state index contributed by atoms with van der Waals surface area (Å²) in [6.45, 7) is 5.97. The molecule has 0 saturated heterocycles. The Morgan fingerprint density at radius 3 is 2.75 bits per heavy atom. The Balaban J connectivity index is 2.36. The van der Waals surface area contributed by atoms with Crippen LogP contribution in [0.5, 0.6) is 0 Å². The molecule has 7 heteroatoms. The number of rotatable bonds is 8. The molecule has 20 heavy (non-hydrogen) atoms. The molecule has 0 fully saturated rings. The SMILES string of the molecule is CCNCCNC(=O)CN(C)C(=O)C(C)n1cccn1. The molecule has 0 aromatic carbocycles. The molecule has 1 heterocycles. The zero-order valence-corrected chi connectivity index (χ0v) is 12.3. The minimum atomic E-state index is -0.412. The maximum atomic E-state index is 12.1. The summed E-state index contributed by atoms with van der Waals surface area (Å²) in [5, 5.41) is 9.90. The normalized spacial score (nSPS) is 11.9. The fourth-order valence-electron chi connectivity index (χ4n) is 1.76. The lowest BCUT2D eigenvalue weighted by Crippen LogP contribution is -2.42. The van der Waals surface area contributed by atoms with Crippen molar-refractivity contribution in [3.63, 3.8) is 0 Å². The Morgan fingerprint density at radius 2 is 2.15 bits per heavy atom. The fraction of sp³-hybridized carbons (Fsp3) is 0.615. The Morgan fingerprint density at radius 1 is 1.40 bits per heavy atom. The molecule has 1 unspecified atom stereocenters. The number of aromatic nitrogens is 2. The van der Waals surface area contributed by atoms with Crippen molar-refractivity contribution in [3.8, 4) is 0 Å². The maximum Gasteiger partial charge on any atom is 0.247 e. The number of likely N-dealkylation sites (N-methyl/N-ethyl adjacent to an activating group) is 2. The van der Waals surface area contributed by atoms with Crippen molar-refractivity contribution < 1.29 is 9.59 Å². The van der Waals surface area contributed by atoms with Crippen LogP contribution < -0.4 is 10.6 Å². The van der Waals surface area contributed by atoms with E-state index in [0.29, 0.717) is 6.54 Å². The lowest BCUT2D eigenvalue weighted by atomic mass is 10.3. The summed E-state index contributed by atoms with van der Waals surface area (Å²) in [5.74, 6) is -0.304. The first-order chi connectivity index (χ1) is 9.56. The summed E-state index contributed by atoms with van der Waals surface area (Å²) in [6, 6.07) is 1.35. The van der Waals surface area contributed by atoms with Gasteiger partial charge in [0.1, 0.15) is 6.04 Å². The van der Waals surface area contributed by atoms with E-state index in [-0.39, 0.29) is 18.4 Å². The third-order valence-corrected chi connectivity index (χ3v) is 2.91. The summed E-state index contributed by atoms with van der Waals surface area (Å²) in [6.07, 6.45) is 3.35. The van der Waals surface area contributed by atoms with Crippen molar-refractivity contribution in [2.24, 2.45) is 0 Å². The van der Waals surface area contributed by atoms with Crippen LogP contribution in [0.3, 0.4) is 0 Å². The Bertz CT molecular complexity index is 418. The topological polar surface area (TPSA) is 79.3 Å². The molecule has 1 aromatic heterocycles. The standard InChI is InChI=1S/C13H23N5O2/c1-4-14-7-8-15-12(19)10-17(3)13(20)11(2)18-9-5-6-16-18/h5-6,9,11,14H,4,7-8,10H2,1-3H3,(H,15,19). The largest absolute Gasteiger partial charge is 0.353 e. The van der Waals surface area contributed by atoms with E-state index >= 15 is 0 Å². The molecular formula is C13H23N5O2. The number of carbonyl (C=O) groups excluding carboxylic acids is 2. The van der Waals surface area contributed by atoms with E-state index < -0.39 is 6.04 Å². The molecule has 0 aliphatic heterocycles. The summed E-state index contributed by atoms with van der Waals surface area (Å²) in [5.41, 5.74) is 0. The van der Waals surface area contributed by atoms with Gasteiger partial charge in [-0.15, -0.1) is 0 Å². The molecule has 112 valence electrons. The molecule has 1 aromatic rings. The lowest BCUT2D eigenvalue weighted by Gasteiger charge is -2.21. The van der Waals surface area contributed by atoms with Crippen LogP contribution >= 0.6 is 0 Å². The number of nitrogens with zero attached hydrogens (tertiary/aromatic N) is 3. The molecule has 1 rings (SSSR count). The van der Waals surface area contributed by atoms with Gasteiger partial charge in [-0.25, -0.2) is 0 Å². The second-order valence-electron chi connectivity index (χ2n) is 4.56. The Kier molecular flexibility index (Phi) is 6.72. The van der Waals surface area contributed by atoms with Crippen LogP contribution in [0.15, 0.2) is 18.5 Å². The second kappa shape index (κ2) is 8.31. The van der Waals surface area contributed by atoms with Gasteiger partial charge in [0.25, 0.3) is 0 Å². The number of carbonyl (C=O) groups is 2. The molecule has 0 bridgehead atoms. The summed E-state index contributed by atoms with van der Waals surface area (Å²) >= 11 is 0. The molecule has 0 radical (unpaired) electrons. The zero-order chi connectivity index (χ0) is 15.0. The van der Waals surface area contributed by atoms with Crippen molar-refractivity contribution in [2.75, 3.05) is 33.2 Å². The van der Waals surface area contributed by atoms with Gasteiger partial charge in [-0.05, 0) is 19.5 Å². The summed E-state index contributed by atoms with van der Waals surface area (Å²) < 4.78 is 1.57. The van der Waals surface area contributed by atoms with Crippen molar-refractivity contribution in [1.29, 1.82) is 0 Å². The van der Waals surface area contributed by atoms with Gasteiger partial charge in [-0.2, -0.15) is 5.10 Å². The van der Waals surface area contributed by atoms with Crippen LogP contribution in [0.25, 0.3) is 0 Å². The summed E-state index contributed by atoms with van der Waals surface area (Å²) in [7, 11) is 1.62. The minimum Gasteiger partial charge on any atom is -0.353 e. The third kappa shape index (κ3) is 5.00. The van der Waals surface area contributed by atoms with Gasteiger partial charge < -0.3 is 15.5 Å². The van der Waals surface area contributed by atoms with Crippen molar-refractivity contribution in [3.05, 3.63) is 18.5 Å². The molecule has 2 N–H and O–H groups in total. The van der Waals surface area contributed by atoms with Gasteiger partial charge in [0, 0.05) is 32.5 Å². The first kappa shape index (κ1) is 16.2. The van der Waals surface area contributed by atoms with E-state index in [0.717, 1.165) is 13.1 Å². The molecule has 0 saturated carbocycles. The highest BCUT2D eigenvalue weighted by molar-refractivity contribution is 5.86. The average Bonchev–Trinajstić information content (AvgIpc) is 2.96. The Hall–Kier alpha value is -1.89. The van der Waals surface area contributed by atoms with Crippen LogP contribution in [0, 0.1) is 0 Å². The zero-order valence-electron chi connectivity index (χ0n) is 12.3. The van der Waals surface area contributed by atoms with Gasteiger partial charge >= 0.3 is 0 Å². The molecule has 7 nitrogen and oxygen atoms in total. The van der Waals surface area contributed by atoms with Gasteiger partial charge in [0.15, 0.2) is 0 Å². The maximum absolute atomic E-state index is 12.1. The highest BCUT2D eigenvalue weighted by Crippen LogP contribution is 2.06. The molecule has 0 aliphatic rings. The van der Waals surface area contributed by atoms with Gasteiger partial charge in [0.2, 0.25) is 11.8 Å². The number of amides is 2. The minimum absolute atomic E-state index is 0.0521. The quantitative estimate of drug-likeness (QED) is 0.637. The van der Waals surface area contributed by atoms with Gasteiger partial charge in [-0.3, -0.25) is 14.3 Å². The van der Waals surface area contributed by atoms with E-state index in [1.807, 2.05) is 6.92 Å². The monoisotopic (exact) mass is 281 g/mol. The molecule has 0 spiro atoms. The number of hydrogen-bond acceptors (Lipinski definition) is 4. The van der Waals surface area contributed by atoms with Gasteiger partial charge in [0.05, 0.1) is 6.54 Å². The molecular weight excluding hydrogens is 258 g/mol. The number of nitrogens with one attached hydrogen (secondary N) is 2. The lowest BCUT2D eigenvalue weighted by molar-refractivity contribution is -0.137. The molecule has 1 atom stereocenters. The van der Waals surface area contributed by atoms with Crippen LogP contribution in [0.2, 0.25) is 0 Å².